The number of rotatable bonds is 3. The molecule has 6 heteroatoms. The first kappa shape index (κ1) is 17.7. The zero-order valence-electron chi connectivity index (χ0n) is 15.0. The Morgan fingerprint density at radius 2 is 1.96 bits per heavy atom. The number of benzene rings is 1. The molecular formula is C19H24O6. The molecule has 2 aliphatic rings. The van der Waals surface area contributed by atoms with Gasteiger partial charge >= 0.3 is 11.9 Å². The van der Waals surface area contributed by atoms with E-state index in [1.807, 2.05) is 13.8 Å². The fraction of sp³-hybridized carbons (Fsp3) is 0.579. The van der Waals surface area contributed by atoms with Crippen LogP contribution in [0, 0.1) is 5.92 Å². The number of fused-ring (bicyclic) bond motifs is 3. The molecule has 0 spiro atoms. The van der Waals surface area contributed by atoms with Gasteiger partial charge in [0, 0.05) is 11.5 Å². The van der Waals surface area contributed by atoms with Crippen LogP contribution in [0.25, 0.3) is 0 Å². The summed E-state index contributed by atoms with van der Waals surface area (Å²) < 4.78 is 22.0. The van der Waals surface area contributed by atoms with E-state index in [-0.39, 0.29) is 36.1 Å². The maximum atomic E-state index is 11.9. The van der Waals surface area contributed by atoms with Gasteiger partial charge in [0.05, 0.1) is 38.4 Å². The fourth-order valence-electron chi connectivity index (χ4n) is 3.78. The largest absolute Gasteiger partial charge is 0.487 e. The summed E-state index contributed by atoms with van der Waals surface area (Å²) in [4.78, 5) is 23.5. The van der Waals surface area contributed by atoms with E-state index in [0.717, 1.165) is 18.4 Å². The van der Waals surface area contributed by atoms with Crippen LogP contribution in [-0.4, -0.2) is 37.9 Å². The molecule has 0 bridgehead atoms. The molecule has 1 saturated heterocycles. The van der Waals surface area contributed by atoms with Crippen LogP contribution in [0.5, 0.6) is 5.75 Å². The summed E-state index contributed by atoms with van der Waals surface area (Å²) in [6.45, 7) is 4.09. The fourth-order valence-corrected chi connectivity index (χ4v) is 3.78. The maximum absolute atomic E-state index is 11.9. The SMILES string of the molecule is COC(=O)C[C@H]1CC[C@H]2[C@H](O1)c1cc(C(=O)OC)ccc1OC2(C)C. The number of esters is 2. The minimum atomic E-state index is -0.397. The van der Waals surface area contributed by atoms with Crippen LogP contribution in [-0.2, 0) is 19.0 Å². The third-order valence-corrected chi connectivity index (χ3v) is 5.13. The van der Waals surface area contributed by atoms with E-state index < -0.39 is 5.97 Å². The molecule has 6 nitrogen and oxygen atoms in total. The van der Waals surface area contributed by atoms with Gasteiger partial charge in [-0.25, -0.2) is 4.79 Å². The summed E-state index contributed by atoms with van der Waals surface area (Å²) in [5.74, 6) is 0.170. The molecule has 0 aliphatic carbocycles. The summed E-state index contributed by atoms with van der Waals surface area (Å²) in [6.07, 6.45) is 1.45. The number of hydrogen-bond donors (Lipinski definition) is 0. The van der Waals surface area contributed by atoms with Gasteiger partial charge in [0.2, 0.25) is 0 Å². The molecular weight excluding hydrogens is 324 g/mol. The number of ether oxygens (including phenoxy) is 4. The van der Waals surface area contributed by atoms with Crippen molar-refractivity contribution in [2.24, 2.45) is 5.92 Å². The first-order valence-corrected chi connectivity index (χ1v) is 8.49. The van der Waals surface area contributed by atoms with Gasteiger partial charge in [0.25, 0.3) is 0 Å². The van der Waals surface area contributed by atoms with Crippen LogP contribution >= 0.6 is 0 Å². The van der Waals surface area contributed by atoms with E-state index in [4.69, 9.17) is 18.9 Å². The third-order valence-electron chi connectivity index (χ3n) is 5.13. The highest BCUT2D eigenvalue weighted by Gasteiger charge is 2.47. The second kappa shape index (κ2) is 6.67. The maximum Gasteiger partial charge on any atom is 0.337 e. The molecule has 0 unspecified atom stereocenters. The molecule has 0 N–H and O–H groups in total. The Balaban J connectivity index is 1.94. The molecule has 0 amide bonds. The first-order valence-electron chi connectivity index (χ1n) is 8.49. The molecule has 1 fully saturated rings. The topological polar surface area (TPSA) is 71.1 Å². The van der Waals surface area contributed by atoms with Crippen molar-refractivity contribution in [3.05, 3.63) is 29.3 Å². The average Bonchev–Trinajstić information content (AvgIpc) is 2.60. The Hall–Kier alpha value is -2.08. The average molecular weight is 348 g/mol. The van der Waals surface area contributed by atoms with E-state index in [1.54, 1.807) is 18.2 Å². The van der Waals surface area contributed by atoms with Crippen molar-refractivity contribution in [1.82, 2.24) is 0 Å². The second-order valence-electron chi connectivity index (χ2n) is 7.09. The predicted octanol–water partition coefficient (Wildman–Crippen LogP) is 3.04. The smallest absolute Gasteiger partial charge is 0.337 e. The summed E-state index contributed by atoms with van der Waals surface area (Å²) in [5, 5.41) is 0. The van der Waals surface area contributed by atoms with E-state index in [9.17, 15) is 9.59 Å². The van der Waals surface area contributed by atoms with Crippen LogP contribution < -0.4 is 4.74 Å². The van der Waals surface area contributed by atoms with E-state index in [2.05, 4.69) is 0 Å². The third kappa shape index (κ3) is 3.35. The second-order valence-corrected chi connectivity index (χ2v) is 7.09. The van der Waals surface area contributed by atoms with Crippen LogP contribution in [0.3, 0.4) is 0 Å². The lowest BCUT2D eigenvalue weighted by Crippen LogP contribution is -2.48. The summed E-state index contributed by atoms with van der Waals surface area (Å²) in [7, 11) is 2.73. The van der Waals surface area contributed by atoms with Gasteiger partial charge < -0.3 is 18.9 Å². The lowest BCUT2D eigenvalue weighted by molar-refractivity contribution is -0.164. The van der Waals surface area contributed by atoms with Gasteiger partial charge in [0.15, 0.2) is 0 Å². The molecule has 1 aromatic rings. The van der Waals surface area contributed by atoms with E-state index in [1.165, 1.54) is 14.2 Å². The summed E-state index contributed by atoms with van der Waals surface area (Å²) >= 11 is 0. The summed E-state index contributed by atoms with van der Waals surface area (Å²) in [6, 6.07) is 5.25. The molecule has 0 saturated carbocycles. The van der Waals surface area contributed by atoms with Crippen molar-refractivity contribution in [2.45, 2.75) is 50.9 Å². The van der Waals surface area contributed by atoms with Gasteiger partial charge in [-0.2, -0.15) is 0 Å². The Morgan fingerprint density at radius 3 is 2.64 bits per heavy atom. The van der Waals surface area contributed by atoms with Gasteiger partial charge in [-0.1, -0.05) is 0 Å². The minimum Gasteiger partial charge on any atom is -0.487 e. The van der Waals surface area contributed by atoms with Crippen molar-refractivity contribution < 1.29 is 28.5 Å². The Kier molecular flexibility index (Phi) is 4.73. The van der Waals surface area contributed by atoms with Crippen molar-refractivity contribution in [1.29, 1.82) is 0 Å². The van der Waals surface area contributed by atoms with Gasteiger partial charge in [-0.15, -0.1) is 0 Å². The lowest BCUT2D eigenvalue weighted by atomic mass is 9.75. The van der Waals surface area contributed by atoms with E-state index in [0.29, 0.717) is 11.3 Å². The first-order chi connectivity index (χ1) is 11.9. The van der Waals surface area contributed by atoms with Crippen LogP contribution in [0.1, 0.15) is 55.1 Å². The van der Waals surface area contributed by atoms with Gasteiger partial charge in [-0.3, -0.25) is 4.79 Å². The Labute approximate surface area is 147 Å². The van der Waals surface area contributed by atoms with Crippen molar-refractivity contribution in [2.75, 3.05) is 14.2 Å². The standard InChI is InChI=1S/C19H24O6/c1-19(2)14-7-6-12(10-16(20)22-3)24-17(14)13-9-11(18(21)23-4)5-8-15(13)25-19/h5,8-9,12,14,17H,6-7,10H2,1-4H3/t12-,14+,17-/m1/s1. The molecule has 2 aliphatic heterocycles. The number of methoxy groups -OCH3 is 2. The van der Waals surface area contributed by atoms with Gasteiger partial charge in [-0.05, 0) is 44.9 Å². The minimum absolute atomic E-state index is 0.141. The highest BCUT2D eigenvalue weighted by Crippen LogP contribution is 2.51. The monoisotopic (exact) mass is 348 g/mol. The number of carbonyl (C=O) groups excluding carboxylic acids is 2. The predicted molar refractivity (Wildman–Crippen MR) is 89.5 cm³/mol. The zero-order valence-corrected chi connectivity index (χ0v) is 15.0. The van der Waals surface area contributed by atoms with Crippen molar-refractivity contribution in [3.8, 4) is 5.75 Å². The Bertz CT molecular complexity index is 680. The number of hydrogen-bond acceptors (Lipinski definition) is 6. The Morgan fingerprint density at radius 1 is 1.20 bits per heavy atom. The van der Waals surface area contributed by atoms with E-state index >= 15 is 0 Å². The highest BCUT2D eigenvalue weighted by atomic mass is 16.5. The molecule has 3 atom stereocenters. The molecule has 136 valence electrons. The number of carbonyl (C=O) groups is 2. The molecule has 0 aromatic heterocycles. The summed E-state index contributed by atoms with van der Waals surface area (Å²) in [5.41, 5.74) is 0.907. The lowest BCUT2D eigenvalue weighted by Gasteiger charge is -2.48. The van der Waals surface area contributed by atoms with Gasteiger partial charge in [0.1, 0.15) is 11.4 Å². The van der Waals surface area contributed by atoms with Crippen LogP contribution in [0.4, 0.5) is 0 Å². The zero-order chi connectivity index (χ0) is 18.2. The molecule has 0 radical (unpaired) electrons. The quantitative estimate of drug-likeness (QED) is 0.782. The van der Waals surface area contributed by atoms with Crippen LogP contribution in [0.2, 0.25) is 0 Å². The molecule has 2 heterocycles. The van der Waals surface area contributed by atoms with Crippen LogP contribution in [0.15, 0.2) is 18.2 Å². The highest BCUT2D eigenvalue weighted by molar-refractivity contribution is 5.89. The molecule has 25 heavy (non-hydrogen) atoms. The van der Waals surface area contributed by atoms with Crippen molar-refractivity contribution in [3.63, 3.8) is 0 Å². The molecule has 3 rings (SSSR count). The normalized spacial score (nSPS) is 26.6. The molecule has 1 aromatic carbocycles. The van der Waals surface area contributed by atoms with Crippen molar-refractivity contribution >= 4 is 11.9 Å².